The van der Waals surface area contributed by atoms with Crippen LogP contribution in [0.15, 0.2) is 27.7 Å². The molecule has 2 N–H and O–H groups in total. The standard InChI is InChI=1S/C15H17F4N5O.HI/c1-3-20-14(22-8-13-23-9(2)24-25-13)21-7-10-4-5-11(16)6-12(10)15(17,18)19;/h4-6H,3,7-8H2,1-2H3,(H2,20,21,22);1H. The highest BCUT2D eigenvalue weighted by Gasteiger charge is 2.33. The average Bonchev–Trinajstić information content (AvgIpc) is 2.95. The normalized spacial score (nSPS) is 11.8. The fourth-order valence-electron chi connectivity index (χ4n) is 2.03. The summed E-state index contributed by atoms with van der Waals surface area (Å²) >= 11 is 0. The number of nitrogens with zero attached hydrogens (tertiary/aromatic N) is 3. The minimum atomic E-state index is -4.65. The molecule has 0 bridgehead atoms. The minimum Gasteiger partial charge on any atom is -0.357 e. The third kappa shape index (κ3) is 6.42. The number of aryl methyl sites for hydroxylation is 1. The second-order valence-electron chi connectivity index (χ2n) is 5.08. The largest absolute Gasteiger partial charge is 0.416 e. The van der Waals surface area contributed by atoms with E-state index in [1.807, 2.05) is 6.92 Å². The number of nitrogens with one attached hydrogen (secondary N) is 2. The van der Waals surface area contributed by atoms with Crippen molar-refractivity contribution in [2.75, 3.05) is 6.54 Å². The van der Waals surface area contributed by atoms with Crippen molar-refractivity contribution in [3.8, 4) is 0 Å². The summed E-state index contributed by atoms with van der Waals surface area (Å²) in [6.07, 6.45) is -4.65. The molecule has 0 atom stereocenters. The number of aromatic nitrogens is 2. The fraction of sp³-hybridized carbons (Fsp3) is 0.400. The molecule has 1 aromatic heterocycles. The Labute approximate surface area is 164 Å². The maximum atomic E-state index is 13.1. The van der Waals surface area contributed by atoms with Gasteiger partial charge in [-0.1, -0.05) is 11.2 Å². The quantitative estimate of drug-likeness (QED) is 0.293. The van der Waals surface area contributed by atoms with Gasteiger partial charge in [-0.15, -0.1) is 24.0 Å². The summed E-state index contributed by atoms with van der Waals surface area (Å²) < 4.78 is 57.1. The monoisotopic (exact) mass is 487 g/mol. The first-order valence-electron chi connectivity index (χ1n) is 7.46. The summed E-state index contributed by atoms with van der Waals surface area (Å²) in [5.41, 5.74) is -1.17. The van der Waals surface area contributed by atoms with Crippen LogP contribution in [-0.2, 0) is 19.3 Å². The van der Waals surface area contributed by atoms with Crippen LogP contribution in [0.3, 0.4) is 0 Å². The molecule has 2 aromatic rings. The molecule has 6 nitrogen and oxygen atoms in total. The van der Waals surface area contributed by atoms with Gasteiger partial charge >= 0.3 is 6.18 Å². The molecule has 0 saturated carbocycles. The highest BCUT2D eigenvalue weighted by atomic mass is 127. The second-order valence-corrected chi connectivity index (χ2v) is 5.08. The van der Waals surface area contributed by atoms with E-state index in [1.165, 1.54) is 0 Å². The molecule has 0 aliphatic heterocycles. The predicted octanol–water partition coefficient (Wildman–Crippen LogP) is 3.41. The van der Waals surface area contributed by atoms with Gasteiger partial charge in [-0.2, -0.15) is 18.2 Å². The minimum absolute atomic E-state index is 0. The molecule has 0 amide bonds. The van der Waals surface area contributed by atoms with Crippen LogP contribution < -0.4 is 10.6 Å². The predicted molar refractivity (Wildman–Crippen MR) is 97.5 cm³/mol. The maximum Gasteiger partial charge on any atom is 0.416 e. The van der Waals surface area contributed by atoms with Crippen LogP contribution in [0.25, 0.3) is 0 Å². The van der Waals surface area contributed by atoms with Crippen LogP contribution in [-0.4, -0.2) is 22.6 Å². The maximum absolute atomic E-state index is 13.1. The fourth-order valence-corrected chi connectivity index (χ4v) is 2.03. The summed E-state index contributed by atoms with van der Waals surface area (Å²) in [5, 5.41) is 9.40. The lowest BCUT2D eigenvalue weighted by Gasteiger charge is -2.13. The molecule has 0 unspecified atom stereocenters. The van der Waals surface area contributed by atoms with Crippen LogP contribution in [0.4, 0.5) is 17.6 Å². The molecule has 0 aliphatic carbocycles. The number of rotatable bonds is 5. The summed E-state index contributed by atoms with van der Waals surface area (Å²) in [6.45, 7) is 3.88. The number of aliphatic imine (C=N–C) groups is 1. The van der Waals surface area contributed by atoms with Gasteiger partial charge in [0.15, 0.2) is 11.8 Å². The molecular weight excluding hydrogens is 469 g/mol. The molecule has 0 fully saturated rings. The zero-order valence-electron chi connectivity index (χ0n) is 14.0. The molecule has 26 heavy (non-hydrogen) atoms. The molecular formula is C15H18F4IN5O. The van der Waals surface area contributed by atoms with Gasteiger partial charge in [0.25, 0.3) is 0 Å². The highest BCUT2D eigenvalue weighted by Crippen LogP contribution is 2.32. The molecule has 0 spiro atoms. The number of halogens is 5. The third-order valence-corrected chi connectivity index (χ3v) is 3.11. The van der Waals surface area contributed by atoms with Crippen LogP contribution in [0.5, 0.6) is 0 Å². The molecule has 2 rings (SSSR count). The topological polar surface area (TPSA) is 75.3 Å². The number of hydrogen-bond donors (Lipinski definition) is 2. The summed E-state index contributed by atoms with van der Waals surface area (Å²) in [6, 6.07) is 2.51. The van der Waals surface area contributed by atoms with Crippen LogP contribution in [0.2, 0.25) is 0 Å². The molecule has 11 heteroatoms. The summed E-state index contributed by atoms with van der Waals surface area (Å²) in [7, 11) is 0. The van der Waals surface area contributed by atoms with Crippen LogP contribution in [0.1, 0.15) is 29.8 Å². The van der Waals surface area contributed by atoms with Crippen molar-refractivity contribution in [2.24, 2.45) is 4.99 Å². The molecule has 1 aromatic carbocycles. The number of hydrogen-bond acceptors (Lipinski definition) is 4. The van der Waals surface area contributed by atoms with Gasteiger partial charge < -0.3 is 15.2 Å². The van der Waals surface area contributed by atoms with E-state index < -0.39 is 17.6 Å². The van der Waals surface area contributed by atoms with E-state index in [1.54, 1.807) is 6.92 Å². The van der Waals surface area contributed by atoms with E-state index in [2.05, 4.69) is 25.8 Å². The lowest BCUT2D eigenvalue weighted by molar-refractivity contribution is -0.138. The third-order valence-electron chi connectivity index (χ3n) is 3.11. The first kappa shape index (κ1) is 22.1. The summed E-state index contributed by atoms with van der Waals surface area (Å²) in [5.74, 6) is 0.119. The van der Waals surface area contributed by atoms with Crippen LogP contribution in [0, 0.1) is 12.7 Å². The summed E-state index contributed by atoms with van der Waals surface area (Å²) in [4.78, 5) is 8.10. The molecule has 0 saturated heterocycles. The molecule has 1 heterocycles. The van der Waals surface area contributed by atoms with E-state index in [9.17, 15) is 17.6 Å². The Bertz CT molecular complexity index is 748. The zero-order chi connectivity index (χ0) is 18.4. The Kier molecular flexibility index (Phi) is 8.24. The smallest absolute Gasteiger partial charge is 0.357 e. The van der Waals surface area contributed by atoms with Crippen molar-refractivity contribution in [1.29, 1.82) is 0 Å². The number of guanidine groups is 1. The van der Waals surface area contributed by atoms with Crippen molar-refractivity contribution in [1.82, 2.24) is 20.8 Å². The van der Waals surface area contributed by atoms with Crippen molar-refractivity contribution in [2.45, 2.75) is 33.1 Å². The van der Waals surface area contributed by atoms with E-state index in [4.69, 9.17) is 4.52 Å². The molecule has 0 radical (unpaired) electrons. The van der Waals surface area contributed by atoms with E-state index in [0.29, 0.717) is 24.3 Å². The zero-order valence-corrected chi connectivity index (χ0v) is 16.4. The van der Waals surface area contributed by atoms with E-state index in [-0.39, 0.29) is 48.6 Å². The molecule has 0 aliphatic rings. The van der Waals surface area contributed by atoms with E-state index in [0.717, 1.165) is 12.1 Å². The Balaban J connectivity index is 0.00000338. The molecule has 144 valence electrons. The number of benzene rings is 1. The van der Waals surface area contributed by atoms with Crippen LogP contribution >= 0.6 is 24.0 Å². The van der Waals surface area contributed by atoms with Gasteiger partial charge in [0.2, 0.25) is 5.89 Å². The van der Waals surface area contributed by atoms with Crippen molar-refractivity contribution in [3.05, 3.63) is 46.9 Å². The average molecular weight is 487 g/mol. The number of alkyl halides is 3. The van der Waals surface area contributed by atoms with Crippen molar-refractivity contribution < 1.29 is 22.1 Å². The van der Waals surface area contributed by atoms with Gasteiger partial charge in [-0.05, 0) is 31.5 Å². The lowest BCUT2D eigenvalue weighted by atomic mass is 10.1. The van der Waals surface area contributed by atoms with E-state index >= 15 is 0 Å². The van der Waals surface area contributed by atoms with Gasteiger partial charge in [-0.3, -0.25) is 0 Å². The van der Waals surface area contributed by atoms with Gasteiger partial charge in [-0.25, -0.2) is 9.38 Å². The van der Waals surface area contributed by atoms with Gasteiger partial charge in [0.05, 0.1) is 18.7 Å². The van der Waals surface area contributed by atoms with Crippen molar-refractivity contribution >= 4 is 29.9 Å². The SMILES string of the molecule is CCNC(=NCc1ccc(F)cc1C(F)(F)F)NCc1nc(C)no1.I. The van der Waals surface area contributed by atoms with Gasteiger partial charge in [0.1, 0.15) is 5.82 Å². The van der Waals surface area contributed by atoms with Crippen molar-refractivity contribution in [3.63, 3.8) is 0 Å². The Morgan fingerprint density at radius 1 is 1.27 bits per heavy atom. The Morgan fingerprint density at radius 3 is 2.58 bits per heavy atom. The highest BCUT2D eigenvalue weighted by molar-refractivity contribution is 14.0. The Morgan fingerprint density at radius 2 is 2.00 bits per heavy atom. The second kappa shape index (κ2) is 9.69. The lowest BCUT2D eigenvalue weighted by Crippen LogP contribution is -2.36. The Hall–Kier alpha value is -1.92. The van der Waals surface area contributed by atoms with Gasteiger partial charge in [0, 0.05) is 6.54 Å². The first-order chi connectivity index (χ1) is 11.8. The first-order valence-corrected chi connectivity index (χ1v) is 7.46.